The van der Waals surface area contributed by atoms with E-state index in [2.05, 4.69) is 4.98 Å². The minimum atomic E-state index is -0.925. The predicted octanol–water partition coefficient (Wildman–Crippen LogP) is 1.79. The number of H-pyrrole nitrogens is 1. The maximum atomic E-state index is 12.4. The predicted molar refractivity (Wildman–Crippen MR) is 80.9 cm³/mol. The number of methoxy groups -OCH3 is 1. The fraction of sp³-hybridized carbons (Fsp3) is 0.375. The molecular formula is C16H18N2O4. The zero-order chi connectivity index (χ0) is 15.7. The molecule has 2 heterocycles. The number of carboxylic acid groups (broad SMARTS) is 1. The number of carbonyl (C=O) groups excluding carboxylic acids is 1. The van der Waals surface area contributed by atoms with Gasteiger partial charge in [0.25, 0.3) is 0 Å². The van der Waals surface area contributed by atoms with Crippen molar-refractivity contribution in [2.75, 3.05) is 13.7 Å². The Labute approximate surface area is 127 Å². The molecule has 2 N–H and O–H groups in total. The van der Waals surface area contributed by atoms with Crippen LogP contribution >= 0.6 is 0 Å². The third-order valence-corrected chi connectivity index (χ3v) is 4.17. The number of benzene rings is 1. The lowest BCUT2D eigenvalue weighted by Crippen LogP contribution is -2.41. The van der Waals surface area contributed by atoms with Crippen molar-refractivity contribution < 1.29 is 19.4 Å². The molecule has 6 heteroatoms. The molecule has 1 amide bonds. The minimum Gasteiger partial charge on any atom is -0.497 e. The van der Waals surface area contributed by atoms with Gasteiger partial charge in [-0.15, -0.1) is 0 Å². The van der Waals surface area contributed by atoms with E-state index in [9.17, 15) is 14.7 Å². The minimum absolute atomic E-state index is 0.145. The lowest BCUT2D eigenvalue weighted by Gasteiger charge is -2.21. The van der Waals surface area contributed by atoms with Crippen LogP contribution in [0.1, 0.15) is 18.4 Å². The maximum absolute atomic E-state index is 12.4. The second-order valence-electron chi connectivity index (χ2n) is 5.49. The standard InChI is InChI=1S/C16H18N2O4/c1-22-11-4-5-13-12(8-11)10(9-17-13)7-15(19)18-6-2-3-14(18)16(20)21/h4-5,8-9,14,17H,2-3,6-7H2,1H3,(H,20,21)/t14-/m1/s1. The average Bonchev–Trinajstić information content (AvgIpc) is 3.14. The van der Waals surface area contributed by atoms with Crippen LogP contribution < -0.4 is 4.74 Å². The molecular weight excluding hydrogens is 284 g/mol. The first-order valence-electron chi connectivity index (χ1n) is 7.26. The summed E-state index contributed by atoms with van der Waals surface area (Å²) in [6.45, 7) is 0.515. The lowest BCUT2D eigenvalue weighted by atomic mass is 10.1. The highest BCUT2D eigenvalue weighted by atomic mass is 16.5. The zero-order valence-electron chi connectivity index (χ0n) is 12.3. The molecule has 1 fully saturated rings. The summed E-state index contributed by atoms with van der Waals surface area (Å²) < 4.78 is 5.21. The van der Waals surface area contributed by atoms with Crippen molar-refractivity contribution in [3.8, 4) is 5.75 Å². The molecule has 6 nitrogen and oxygen atoms in total. The summed E-state index contributed by atoms with van der Waals surface area (Å²) in [6, 6.07) is 4.95. The number of ether oxygens (including phenoxy) is 1. The molecule has 1 aliphatic rings. The van der Waals surface area contributed by atoms with Crippen LogP contribution in [0.25, 0.3) is 10.9 Å². The molecule has 1 aliphatic heterocycles. The van der Waals surface area contributed by atoms with E-state index in [1.807, 2.05) is 18.2 Å². The summed E-state index contributed by atoms with van der Waals surface area (Å²) in [5, 5.41) is 10.1. The van der Waals surface area contributed by atoms with Crippen LogP contribution in [0, 0.1) is 0 Å². The van der Waals surface area contributed by atoms with Gasteiger partial charge in [0.05, 0.1) is 13.5 Å². The van der Waals surface area contributed by atoms with Gasteiger partial charge in [-0.05, 0) is 36.6 Å². The monoisotopic (exact) mass is 302 g/mol. The number of hydrogen-bond acceptors (Lipinski definition) is 3. The smallest absolute Gasteiger partial charge is 0.326 e. The molecule has 22 heavy (non-hydrogen) atoms. The third-order valence-electron chi connectivity index (χ3n) is 4.17. The topological polar surface area (TPSA) is 82.6 Å². The molecule has 2 aromatic rings. The maximum Gasteiger partial charge on any atom is 0.326 e. The number of amides is 1. The summed E-state index contributed by atoms with van der Waals surface area (Å²) in [5.41, 5.74) is 1.79. The van der Waals surface area contributed by atoms with Gasteiger partial charge in [0.1, 0.15) is 11.8 Å². The lowest BCUT2D eigenvalue weighted by molar-refractivity contribution is -0.147. The fourth-order valence-corrected chi connectivity index (χ4v) is 3.02. The van der Waals surface area contributed by atoms with Gasteiger partial charge in [-0.1, -0.05) is 0 Å². The highest BCUT2D eigenvalue weighted by molar-refractivity contribution is 5.91. The molecule has 1 aromatic carbocycles. The molecule has 3 rings (SSSR count). The number of aliphatic carboxylic acids is 1. The SMILES string of the molecule is COc1ccc2[nH]cc(CC(=O)N3CCC[C@@H]3C(=O)O)c2c1. The van der Waals surface area contributed by atoms with Crippen molar-refractivity contribution in [3.63, 3.8) is 0 Å². The van der Waals surface area contributed by atoms with Crippen LogP contribution in [0.15, 0.2) is 24.4 Å². The van der Waals surface area contributed by atoms with Crippen molar-refractivity contribution in [3.05, 3.63) is 30.0 Å². The Kier molecular flexibility index (Phi) is 3.75. The summed E-state index contributed by atoms with van der Waals surface area (Å²) in [7, 11) is 1.60. The number of nitrogens with one attached hydrogen (secondary N) is 1. The van der Waals surface area contributed by atoms with Crippen LogP contribution in [0.5, 0.6) is 5.75 Å². The van der Waals surface area contributed by atoms with E-state index in [0.717, 1.165) is 28.6 Å². The van der Waals surface area contributed by atoms with Gasteiger partial charge in [-0.3, -0.25) is 4.79 Å². The molecule has 1 atom stereocenters. The Morgan fingerprint density at radius 2 is 2.27 bits per heavy atom. The number of nitrogens with zero attached hydrogens (tertiary/aromatic N) is 1. The number of hydrogen-bond donors (Lipinski definition) is 2. The molecule has 0 bridgehead atoms. The Morgan fingerprint density at radius 1 is 1.45 bits per heavy atom. The number of likely N-dealkylation sites (tertiary alicyclic amines) is 1. The second-order valence-corrected chi connectivity index (χ2v) is 5.49. The number of aromatic amines is 1. The number of carboxylic acids is 1. The van der Waals surface area contributed by atoms with Crippen molar-refractivity contribution in [1.82, 2.24) is 9.88 Å². The molecule has 116 valence electrons. The second kappa shape index (κ2) is 5.71. The highest BCUT2D eigenvalue weighted by Crippen LogP contribution is 2.25. The molecule has 1 saturated heterocycles. The Morgan fingerprint density at radius 3 is 3.00 bits per heavy atom. The number of rotatable bonds is 4. The van der Waals surface area contributed by atoms with E-state index in [4.69, 9.17) is 4.74 Å². The fourth-order valence-electron chi connectivity index (χ4n) is 3.02. The first-order valence-corrected chi connectivity index (χ1v) is 7.26. The van der Waals surface area contributed by atoms with Crippen LogP contribution in [-0.2, 0) is 16.0 Å². The van der Waals surface area contributed by atoms with E-state index in [1.165, 1.54) is 4.90 Å². The van der Waals surface area contributed by atoms with E-state index >= 15 is 0 Å². The van der Waals surface area contributed by atoms with E-state index in [1.54, 1.807) is 13.3 Å². The zero-order valence-corrected chi connectivity index (χ0v) is 12.3. The van der Waals surface area contributed by atoms with Crippen LogP contribution in [0.3, 0.4) is 0 Å². The number of fused-ring (bicyclic) bond motifs is 1. The molecule has 0 unspecified atom stereocenters. The van der Waals surface area contributed by atoms with E-state index in [-0.39, 0.29) is 12.3 Å². The quantitative estimate of drug-likeness (QED) is 0.902. The summed E-state index contributed by atoms with van der Waals surface area (Å²) in [4.78, 5) is 28.2. The van der Waals surface area contributed by atoms with E-state index in [0.29, 0.717) is 13.0 Å². The third kappa shape index (κ3) is 2.52. The van der Waals surface area contributed by atoms with Crippen molar-refractivity contribution in [2.24, 2.45) is 0 Å². The molecule has 0 radical (unpaired) electrons. The van der Waals surface area contributed by atoms with Crippen LogP contribution in [0.4, 0.5) is 0 Å². The van der Waals surface area contributed by atoms with Crippen molar-refractivity contribution in [2.45, 2.75) is 25.3 Å². The van der Waals surface area contributed by atoms with Crippen LogP contribution in [-0.4, -0.2) is 46.6 Å². The van der Waals surface area contributed by atoms with Gasteiger partial charge in [0, 0.05) is 23.6 Å². The molecule has 0 aliphatic carbocycles. The van der Waals surface area contributed by atoms with E-state index < -0.39 is 12.0 Å². The number of carbonyl (C=O) groups is 2. The Bertz CT molecular complexity index is 722. The largest absolute Gasteiger partial charge is 0.497 e. The number of aromatic nitrogens is 1. The van der Waals surface area contributed by atoms with Gasteiger partial charge in [-0.25, -0.2) is 4.79 Å². The summed E-state index contributed by atoms with van der Waals surface area (Å²) in [6.07, 6.45) is 3.26. The Balaban J connectivity index is 1.83. The molecule has 0 spiro atoms. The molecule has 1 aromatic heterocycles. The van der Waals surface area contributed by atoms with Gasteiger partial charge < -0.3 is 19.7 Å². The first-order chi connectivity index (χ1) is 10.6. The van der Waals surface area contributed by atoms with Gasteiger partial charge in [0.2, 0.25) is 5.91 Å². The van der Waals surface area contributed by atoms with Crippen molar-refractivity contribution in [1.29, 1.82) is 0 Å². The highest BCUT2D eigenvalue weighted by Gasteiger charge is 2.33. The van der Waals surface area contributed by atoms with Crippen LogP contribution in [0.2, 0.25) is 0 Å². The van der Waals surface area contributed by atoms with Gasteiger partial charge in [-0.2, -0.15) is 0 Å². The Hall–Kier alpha value is -2.50. The first kappa shape index (κ1) is 14.4. The summed E-state index contributed by atoms with van der Waals surface area (Å²) in [5.74, 6) is -0.342. The van der Waals surface area contributed by atoms with Gasteiger partial charge in [0.15, 0.2) is 0 Å². The van der Waals surface area contributed by atoms with Crippen molar-refractivity contribution >= 4 is 22.8 Å². The normalized spacial score (nSPS) is 17.9. The average molecular weight is 302 g/mol. The van der Waals surface area contributed by atoms with Gasteiger partial charge >= 0.3 is 5.97 Å². The summed E-state index contributed by atoms with van der Waals surface area (Å²) >= 11 is 0. The molecule has 0 saturated carbocycles.